The summed E-state index contributed by atoms with van der Waals surface area (Å²) in [5.41, 5.74) is 6.78. The van der Waals surface area contributed by atoms with Gasteiger partial charge in [0.2, 0.25) is 0 Å². The molecule has 2 heterocycles. The van der Waals surface area contributed by atoms with Crippen molar-refractivity contribution in [2.45, 2.75) is 18.9 Å². The molecule has 1 aromatic rings. The Bertz CT molecular complexity index is 333. The molecule has 0 unspecified atom stereocenters. The van der Waals surface area contributed by atoms with Crippen LogP contribution in [0.2, 0.25) is 0 Å². The van der Waals surface area contributed by atoms with Crippen LogP contribution in [0.3, 0.4) is 0 Å². The van der Waals surface area contributed by atoms with Crippen molar-refractivity contribution in [3.63, 3.8) is 0 Å². The lowest BCUT2D eigenvalue weighted by atomic mass is 10.0. The van der Waals surface area contributed by atoms with Crippen LogP contribution in [0.5, 0.6) is 0 Å². The number of aromatic nitrogens is 1. The van der Waals surface area contributed by atoms with Crippen LogP contribution in [0.25, 0.3) is 0 Å². The first-order chi connectivity index (χ1) is 7.66. The van der Waals surface area contributed by atoms with Crippen LogP contribution in [-0.2, 0) is 0 Å². The van der Waals surface area contributed by atoms with Gasteiger partial charge in [-0.15, -0.1) is 0 Å². The van der Waals surface area contributed by atoms with E-state index in [9.17, 15) is 0 Å². The number of hydrogen-bond donors (Lipinski definition) is 1. The predicted molar refractivity (Wildman–Crippen MR) is 67.6 cm³/mol. The van der Waals surface area contributed by atoms with E-state index in [2.05, 4.69) is 34.9 Å². The number of likely N-dealkylation sites (N-methyl/N-ethyl adjacent to an activating group) is 1. The summed E-state index contributed by atoms with van der Waals surface area (Å²) >= 11 is 0. The molecule has 1 aliphatic heterocycles. The van der Waals surface area contributed by atoms with E-state index < -0.39 is 0 Å². The Hall–Kier alpha value is -1.29. The fourth-order valence-corrected chi connectivity index (χ4v) is 2.20. The largest absolute Gasteiger partial charge is 0.384 e. The summed E-state index contributed by atoms with van der Waals surface area (Å²) in [5, 5.41) is 0. The Morgan fingerprint density at radius 1 is 1.44 bits per heavy atom. The maximum absolute atomic E-state index is 5.59. The number of nitrogens with two attached hydrogens (primary N) is 1. The van der Waals surface area contributed by atoms with Crippen molar-refractivity contribution in [3.8, 4) is 0 Å². The molecule has 2 N–H and O–H groups in total. The third-order valence-electron chi connectivity index (χ3n) is 3.26. The van der Waals surface area contributed by atoms with E-state index in [1.165, 1.54) is 18.5 Å². The van der Waals surface area contributed by atoms with Crippen LogP contribution in [0.4, 0.5) is 11.5 Å². The van der Waals surface area contributed by atoms with Crippen molar-refractivity contribution in [2.24, 2.45) is 0 Å². The highest BCUT2D eigenvalue weighted by Crippen LogP contribution is 2.21. The molecule has 0 bridgehead atoms. The molecule has 0 amide bonds. The quantitative estimate of drug-likeness (QED) is 0.813. The van der Waals surface area contributed by atoms with Gasteiger partial charge in [-0.2, -0.15) is 0 Å². The molecule has 0 aromatic carbocycles. The van der Waals surface area contributed by atoms with Crippen LogP contribution in [-0.4, -0.2) is 43.1 Å². The Balaban J connectivity index is 2.06. The average molecular weight is 220 g/mol. The number of nitrogens with zero attached hydrogens (tertiary/aromatic N) is 3. The smallest absolute Gasteiger partial charge is 0.123 e. The average Bonchev–Trinajstić information content (AvgIpc) is 2.30. The molecule has 16 heavy (non-hydrogen) atoms. The second-order valence-corrected chi connectivity index (χ2v) is 4.65. The van der Waals surface area contributed by atoms with E-state index in [1.807, 2.05) is 12.3 Å². The minimum Gasteiger partial charge on any atom is -0.384 e. The van der Waals surface area contributed by atoms with Crippen LogP contribution in [0, 0.1) is 0 Å². The first-order valence-electron chi connectivity index (χ1n) is 5.80. The van der Waals surface area contributed by atoms with Gasteiger partial charge in [-0.3, -0.25) is 0 Å². The number of piperidine rings is 1. The van der Waals surface area contributed by atoms with Crippen molar-refractivity contribution < 1.29 is 0 Å². The fraction of sp³-hybridized carbons (Fsp3) is 0.583. The van der Waals surface area contributed by atoms with Gasteiger partial charge in [-0.1, -0.05) is 0 Å². The van der Waals surface area contributed by atoms with E-state index >= 15 is 0 Å². The number of nitrogen functional groups attached to an aromatic ring is 1. The van der Waals surface area contributed by atoms with Gasteiger partial charge in [0.25, 0.3) is 0 Å². The topological polar surface area (TPSA) is 45.4 Å². The maximum atomic E-state index is 5.59. The van der Waals surface area contributed by atoms with Crippen molar-refractivity contribution >= 4 is 11.5 Å². The summed E-state index contributed by atoms with van der Waals surface area (Å²) in [6, 6.07) is 4.57. The maximum Gasteiger partial charge on any atom is 0.123 e. The molecule has 1 aliphatic rings. The van der Waals surface area contributed by atoms with E-state index in [0.717, 1.165) is 13.1 Å². The summed E-state index contributed by atoms with van der Waals surface area (Å²) in [7, 11) is 4.30. The highest BCUT2D eigenvalue weighted by atomic mass is 15.2. The van der Waals surface area contributed by atoms with Gasteiger partial charge in [0.1, 0.15) is 5.82 Å². The third kappa shape index (κ3) is 2.44. The molecular weight excluding hydrogens is 200 g/mol. The number of rotatable bonds is 2. The Kier molecular flexibility index (Phi) is 3.29. The monoisotopic (exact) mass is 220 g/mol. The lowest BCUT2D eigenvalue weighted by Crippen LogP contribution is -2.45. The molecular formula is C12H20N4. The Labute approximate surface area is 97.1 Å². The molecule has 1 fully saturated rings. The minimum atomic E-state index is 0.588. The lowest BCUT2D eigenvalue weighted by molar-refractivity contribution is 0.258. The molecule has 1 saturated heterocycles. The van der Waals surface area contributed by atoms with Crippen molar-refractivity contribution in [1.82, 2.24) is 9.88 Å². The number of anilines is 2. The van der Waals surface area contributed by atoms with Gasteiger partial charge in [0.15, 0.2) is 0 Å². The zero-order valence-electron chi connectivity index (χ0n) is 10.1. The Morgan fingerprint density at radius 3 is 2.88 bits per heavy atom. The van der Waals surface area contributed by atoms with Crippen LogP contribution in [0.15, 0.2) is 18.3 Å². The predicted octanol–water partition coefficient (Wildman–Crippen LogP) is 1.19. The highest BCUT2D eigenvalue weighted by Gasteiger charge is 2.21. The molecule has 4 nitrogen and oxygen atoms in total. The summed E-state index contributed by atoms with van der Waals surface area (Å²) in [6.45, 7) is 2.20. The van der Waals surface area contributed by atoms with Gasteiger partial charge >= 0.3 is 0 Å². The molecule has 1 atom stereocenters. The van der Waals surface area contributed by atoms with E-state index in [4.69, 9.17) is 5.73 Å². The van der Waals surface area contributed by atoms with Crippen LogP contribution >= 0.6 is 0 Å². The first kappa shape index (κ1) is 11.2. The van der Waals surface area contributed by atoms with Crippen molar-refractivity contribution in [2.75, 3.05) is 37.8 Å². The van der Waals surface area contributed by atoms with E-state index in [-0.39, 0.29) is 0 Å². The summed E-state index contributed by atoms with van der Waals surface area (Å²) in [5.74, 6) is 0.588. The highest BCUT2D eigenvalue weighted by molar-refractivity contribution is 5.48. The first-order valence-corrected chi connectivity index (χ1v) is 5.80. The second kappa shape index (κ2) is 4.70. The number of pyridine rings is 1. The van der Waals surface area contributed by atoms with Crippen LogP contribution in [0.1, 0.15) is 12.8 Å². The van der Waals surface area contributed by atoms with Gasteiger partial charge in [-0.25, -0.2) is 4.98 Å². The normalized spacial score (nSPS) is 21.4. The van der Waals surface area contributed by atoms with Gasteiger partial charge in [0.05, 0.1) is 11.9 Å². The molecule has 0 spiro atoms. The molecule has 1 aromatic heterocycles. The third-order valence-corrected chi connectivity index (χ3v) is 3.26. The zero-order chi connectivity index (χ0) is 11.5. The summed E-state index contributed by atoms with van der Waals surface area (Å²) < 4.78 is 0. The van der Waals surface area contributed by atoms with E-state index in [1.54, 1.807) is 0 Å². The molecule has 0 radical (unpaired) electrons. The standard InChI is InChI=1S/C12H20N4/c1-15(2)11-4-3-7-16(9-11)10-5-6-12(13)14-8-10/h5-6,8,11H,3-4,7,9H2,1-2H3,(H2,13,14)/t11-/m1/s1. The summed E-state index contributed by atoms with van der Waals surface area (Å²) in [4.78, 5) is 8.84. The van der Waals surface area contributed by atoms with Gasteiger partial charge in [0, 0.05) is 19.1 Å². The minimum absolute atomic E-state index is 0.588. The molecule has 0 aliphatic carbocycles. The number of hydrogen-bond acceptors (Lipinski definition) is 4. The van der Waals surface area contributed by atoms with Crippen LogP contribution < -0.4 is 10.6 Å². The molecule has 2 rings (SSSR count). The molecule has 88 valence electrons. The Morgan fingerprint density at radius 2 is 2.25 bits per heavy atom. The van der Waals surface area contributed by atoms with Gasteiger partial charge < -0.3 is 15.5 Å². The second-order valence-electron chi connectivity index (χ2n) is 4.65. The fourth-order valence-electron chi connectivity index (χ4n) is 2.20. The SMILES string of the molecule is CN(C)[C@@H]1CCCN(c2ccc(N)nc2)C1. The lowest BCUT2D eigenvalue weighted by Gasteiger charge is -2.37. The van der Waals surface area contributed by atoms with Gasteiger partial charge in [-0.05, 0) is 39.1 Å². The zero-order valence-corrected chi connectivity index (χ0v) is 10.1. The summed E-state index contributed by atoms with van der Waals surface area (Å²) in [6.07, 6.45) is 4.40. The molecule has 0 saturated carbocycles. The van der Waals surface area contributed by atoms with Crippen molar-refractivity contribution in [1.29, 1.82) is 0 Å². The van der Waals surface area contributed by atoms with E-state index in [0.29, 0.717) is 11.9 Å². The van der Waals surface area contributed by atoms with Crippen molar-refractivity contribution in [3.05, 3.63) is 18.3 Å². The molecule has 4 heteroatoms.